The first-order valence-electron chi connectivity index (χ1n) is 43.8. The van der Waals surface area contributed by atoms with Gasteiger partial charge < -0.3 is 0 Å². The normalized spacial score (nSPS) is 12.8. The van der Waals surface area contributed by atoms with E-state index in [0.717, 1.165) is 116 Å². The third-order valence-electron chi connectivity index (χ3n) is 25.9. The Kier molecular flexibility index (Phi) is 20.5. The number of hydrogen-bond donors (Lipinski definition) is 0. The average molecular weight is 1680 g/mol. The van der Waals surface area contributed by atoms with Gasteiger partial charge in [-0.25, -0.2) is 59.4 Å². The number of rotatable bonds is 12. The van der Waals surface area contributed by atoms with Crippen molar-refractivity contribution in [1.29, 1.82) is 0 Å². The molecule has 20 aromatic rings. The molecule has 0 radical (unpaired) electrons. The van der Waals surface area contributed by atoms with Crippen LogP contribution in [0.15, 0.2) is 388 Å². The van der Waals surface area contributed by atoms with E-state index in [1.54, 1.807) is 0 Å². The van der Waals surface area contributed by atoms with Crippen molar-refractivity contribution in [3.8, 4) is 169 Å². The fourth-order valence-electron chi connectivity index (χ4n) is 19.1. The van der Waals surface area contributed by atoms with Gasteiger partial charge in [0, 0.05) is 66.3 Å². The summed E-state index contributed by atoms with van der Waals surface area (Å²) in [5.74, 6) is 5.76. The van der Waals surface area contributed by atoms with E-state index in [4.69, 9.17) is 64.6 Å². The lowest BCUT2D eigenvalue weighted by atomic mass is 9.82. The maximum atomic E-state index is 7.60. The largest absolute Gasteiger partial charge is 0.238 e. The predicted molar refractivity (Wildman–Crippen MR) is 531 cm³/mol. The Bertz CT molecular complexity index is 7980. The number of benzene rings is 17. The highest BCUT2D eigenvalue weighted by Gasteiger charge is 2.40. The summed E-state index contributed by atoms with van der Waals surface area (Å²) in [4.78, 5) is 55.5. The molecule has 23 rings (SSSR count). The SMILES string of the molecule is [C-]#[N+]c1ccc2c(c1)-c1c(-c3ccc(-c4nc(-c5ccccc5)nc(-c5ccc6ccccc6c5)n4)cc3)cccc1C2(C)C.[C-]#[N+]c1ccc2c(c1)-c1c(-c3ccc(-c4nc(-c5ccccc5)nc(-c5cccc6ccccc56)n4)cc3)cccc1C2(C)C.[C-]#[N+]c1ccc2c(c1)-c1c(-c3ccc(-c4nc(-c5ccccc5)nc(-c5ccccc5)n4)cc3)cccc1C2(C)C. The molecule has 3 aliphatic rings. The Morgan fingerprint density at radius 3 is 0.763 bits per heavy atom. The third-order valence-corrected chi connectivity index (χ3v) is 25.9. The van der Waals surface area contributed by atoms with E-state index < -0.39 is 0 Å². The maximum Gasteiger partial charge on any atom is 0.187 e. The van der Waals surface area contributed by atoms with Crippen molar-refractivity contribution >= 4 is 38.6 Å². The molecule has 17 aromatic carbocycles. The number of hydrogen-bond acceptors (Lipinski definition) is 9. The van der Waals surface area contributed by atoms with Gasteiger partial charge in [0.15, 0.2) is 69.5 Å². The summed E-state index contributed by atoms with van der Waals surface area (Å²) in [5.41, 5.74) is 31.6. The van der Waals surface area contributed by atoms with Crippen LogP contribution in [-0.2, 0) is 16.2 Å². The minimum atomic E-state index is -0.141. The Hall–Kier alpha value is -17.2. The molecule has 0 amide bonds. The second kappa shape index (κ2) is 33.3. The van der Waals surface area contributed by atoms with Crippen LogP contribution in [0.2, 0.25) is 0 Å². The molecule has 0 aliphatic heterocycles. The van der Waals surface area contributed by atoms with Crippen LogP contribution >= 0.6 is 0 Å². The molecule has 0 saturated carbocycles. The van der Waals surface area contributed by atoms with Gasteiger partial charge in [0.25, 0.3) is 0 Å². The highest BCUT2D eigenvalue weighted by molar-refractivity contribution is 5.99. The quantitative estimate of drug-likeness (QED) is 0.110. The summed E-state index contributed by atoms with van der Waals surface area (Å²) >= 11 is 0. The molecule has 0 unspecified atom stereocenters. The molecular weight excluding hydrogens is 1600 g/mol. The van der Waals surface area contributed by atoms with Gasteiger partial charge in [0.1, 0.15) is 0 Å². The Morgan fingerprint density at radius 2 is 0.427 bits per heavy atom. The monoisotopic (exact) mass is 1680 g/mol. The molecule has 131 heavy (non-hydrogen) atoms. The fraction of sp³-hybridized carbons (Fsp3) is 0.0756. The molecule has 618 valence electrons. The van der Waals surface area contributed by atoms with E-state index >= 15 is 0 Å². The summed E-state index contributed by atoms with van der Waals surface area (Å²) in [6.45, 7) is 36.3. The van der Waals surface area contributed by atoms with Crippen molar-refractivity contribution in [3.63, 3.8) is 0 Å². The van der Waals surface area contributed by atoms with Crippen LogP contribution in [0.5, 0.6) is 0 Å². The Labute approximate surface area is 761 Å². The van der Waals surface area contributed by atoms with Crippen LogP contribution in [0.4, 0.5) is 17.1 Å². The van der Waals surface area contributed by atoms with E-state index in [1.807, 2.05) is 182 Å². The first-order chi connectivity index (χ1) is 64.0. The van der Waals surface area contributed by atoms with Gasteiger partial charge in [-0.1, -0.05) is 406 Å². The van der Waals surface area contributed by atoms with E-state index in [0.29, 0.717) is 69.5 Å². The first-order valence-corrected chi connectivity index (χ1v) is 43.8. The summed E-state index contributed by atoms with van der Waals surface area (Å²) in [5, 5.41) is 4.57. The standard InChI is InChI=1S/2C41H28N4.C37H26N4/c1-41(2)35-24-23-30(42-3)25-34(35)37-32(16-10-18-36(37)41)27-19-21-29(22-20-27)39-43-38(28-12-5-4-6-13-28)44-40(45-39)33-17-9-14-26-11-7-8-15-31(26)33;1-41(2)35-23-22-32(42-3)25-34(35)37-33(14-9-15-36(37)41)27-17-19-29(20-18-27)39-43-38(28-11-5-4-6-12-28)44-40(45-39)31-21-16-26-10-7-8-13-30(26)24-31;1-37(2)31-22-21-28(38-3)23-30(31)33-29(15-10-16-32(33)37)24-17-19-27(20-18-24)36-40-34(25-11-6-4-7-12-25)39-35(41-36)26-13-8-5-9-14-26/h2*4-25H,1-2H3;4-23H,1-2H3. The summed E-state index contributed by atoms with van der Waals surface area (Å²) < 4.78 is 0. The van der Waals surface area contributed by atoms with Gasteiger partial charge in [-0.2, -0.15) is 0 Å². The van der Waals surface area contributed by atoms with Crippen molar-refractivity contribution in [3.05, 3.63) is 456 Å². The molecule has 0 spiro atoms. The summed E-state index contributed by atoms with van der Waals surface area (Å²) in [7, 11) is 0. The molecule has 0 saturated heterocycles. The molecule has 0 fully saturated rings. The molecule has 0 N–H and O–H groups in total. The number of nitrogens with zero attached hydrogens (tertiary/aromatic N) is 12. The van der Waals surface area contributed by atoms with E-state index in [-0.39, 0.29) is 16.2 Å². The van der Waals surface area contributed by atoms with Crippen LogP contribution in [0.25, 0.3) is 205 Å². The molecule has 3 aromatic heterocycles. The molecular formula is C119H82N12. The smallest absolute Gasteiger partial charge is 0.187 e. The lowest BCUT2D eigenvalue weighted by Crippen LogP contribution is -2.14. The fourth-order valence-corrected chi connectivity index (χ4v) is 19.1. The number of fused-ring (bicyclic) bond motifs is 11. The van der Waals surface area contributed by atoms with Crippen LogP contribution < -0.4 is 0 Å². The van der Waals surface area contributed by atoms with E-state index in [9.17, 15) is 0 Å². The highest BCUT2D eigenvalue weighted by atomic mass is 15.1. The summed E-state index contributed by atoms with van der Waals surface area (Å²) in [6.07, 6.45) is 0. The van der Waals surface area contributed by atoms with Gasteiger partial charge in [-0.05, 0) is 146 Å². The van der Waals surface area contributed by atoms with E-state index in [2.05, 4.69) is 262 Å². The topological polar surface area (TPSA) is 129 Å². The second-order valence-corrected chi connectivity index (χ2v) is 34.8. The second-order valence-electron chi connectivity index (χ2n) is 34.8. The number of aromatic nitrogens is 9. The molecule has 0 atom stereocenters. The van der Waals surface area contributed by atoms with Gasteiger partial charge >= 0.3 is 0 Å². The van der Waals surface area contributed by atoms with Crippen molar-refractivity contribution in [2.24, 2.45) is 0 Å². The molecule has 12 heteroatoms. The van der Waals surface area contributed by atoms with Crippen molar-refractivity contribution < 1.29 is 0 Å². The Morgan fingerprint density at radius 1 is 0.176 bits per heavy atom. The van der Waals surface area contributed by atoms with Crippen LogP contribution in [-0.4, -0.2) is 44.9 Å². The van der Waals surface area contributed by atoms with Crippen molar-refractivity contribution in [1.82, 2.24) is 44.9 Å². The molecule has 3 aliphatic carbocycles. The van der Waals surface area contributed by atoms with Crippen LogP contribution in [0.3, 0.4) is 0 Å². The van der Waals surface area contributed by atoms with Gasteiger partial charge in [0.05, 0.1) is 19.7 Å². The lowest BCUT2D eigenvalue weighted by molar-refractivity contribution is 0.660. The molecule has 0 bridgehead atoms. The summed E-state index contributed by atoms with van der Waals surface area (Å²) in [6, 6.07) is 133. The predicted octanol–water partition coefficient (Wildman–Crippen LogP) is 30.5. The molecule has 12 nitrogen and oxygen atoms in total. The minimum absolute atomic E-state index is 0.131. The Balaban J connectivity index is 0.000000119. The molecule has 3 heterocycles. The van der Waals surface area contributed by atoms with Crippen LogP contribution in [0.1, 0.15) is 74.9 Å². The third kappa shape index (κ3) is 14.9. The zero-order chi connectivity index (χ0) is 89.1. The average Bonchev–Trinajstić information content (AvgIpc) is 1.58. The zero-order valence-corrected chi connectivity index (χ0v) is 72.8. The van der Waals surface area contributed by atoms with Gasteiger partial charge in [0.2, 0.25) is 0 Å². The highest BCUT2D eigenvalue weighted by Crippen LogP contribution is 2.57. The lowest BCUT2D eigenvalue weighted by Gasteiger charge is -2.21. The zero-order valence-electron chi connectivity index (χ0n) is 72.8. The maximum absolute atomic E-state index is 7.60. The van der Waals surface area contributed by atoms with Crippen molar-refractivity contribution in [2.45, 2.75) is 57.8 Å². The first kappa shape index (κ1) is 80.8. The van der Waals surface area contributed by atoms with Crippen LogP contribution in [0, 0.1) is 19.7 Å². The minimum Gasteiger partial charge on any atom is -0.238 e. The van der Waals surface area contributed by atoms with Crippen molar-refractivity contribution in [2.75, 3.05) is 0 Å². The van der Waals surface area contributed by atoms with E-state index in [1.165, 1.54) is 55.5 Å². The van der Waals surface area contributed by atoms with Gasteiger partial charge in [-0.15, -0.1) is 0 Å². The van der Waals surface area contributed by atoms with Gasteiger partial charge in [-0.3, -0.25) is 0 Å².